The fraction of sp³-hybridized carbons (Fsp3) is 0.143. The Labute approximate surface area is 147 Å². The van der Waals surface area contributed by atoms with Crippen LogP contribution in [0.15, 0.2) is 66.9 Å². The smallest absolute Gasteiger partial charge is 0.231 e. The third-order valence-corrected chi connectivity index (χ3v) is 4.21. The minimum absolute atomic E-state index is 0.0442. The molecule has 0 spiro atoms. The lowest BCUT2D eigenvalue weighted by Gasteiger charge is -2.13. The fourth-order valence-electron chi connectivity index (χ4n) is 2.66. The van der Waals surface area contributed by atoms with Crippen molar-refractivity contribution in [1.82, 2.24) is 4.98 Å². The van der Waals surface area contributed by atoms with Crippen molar-refractivity contribution in [3.63, 3.8) is 0 Å². The van der Waals surface area contributed by atoms with Crippen LogP contribution < -0.4 is 11.1 Å². The summed E-state index contributed by atoms with van der Waals surface area (Å²) in [4.78, 5) is 16.7. The minimum atomic E-state index is -0.247. The number of rotatable bonds is 4. The van der Waals surface area contributed by atoms with E-state index < -0.39 is 0 Å². The van der Waals surface area contributed by atoms with Crippen molar-refractivity contribution in [2.24, 2.45) is 0 Å². The van der Waals surface area contributed by atoms with Gasteiger partial charge in [-0.1, -0.05) is 24.3 Å². The number of hydrogen-bond donors (Lipinski definition) is 2. The van der Waals surface area contributed by atoms with Crippen LogP contribution in [0, 0.1) is 6.92 Å². The van der Waals surface area contributed by atoms with Crippen LogP contribution in [0.5, 0.6) is 0 Å². The Balaban J connectivity index is 1.70. The van der Waals surface area contributed by atoms with Crippen LogP contribution in [0.25, 0.3) is 11.1 Å². The van der Waals surface area contributed by atoms with Gasteiger partial charge in [0, 0.05) is 23.3 Å². The summed E-state index contributed by atoms with van der Waals surface area (Å²) in [5.74, 6) is -0.291. The van der Waals surface area contributed by atoms with Gasteiger partial charge in [0.1, 0.15) is 0 Å². The first kappa shape index (κ1) is 16.7. The lowest BCUT2D eigenvalue weighted by Crippen LogP contribution is -2.18. The molecule has 25 heavy (non-hydrogen) atoms. The van der Waals surface area contributed by atoms with Crippen LogP contribution in [-0.2, 0) is 4.79 Å². The molecule has 0 saturated heterocycles. The average molecular weight is 331 g/mol. The molecule has 0 aliphatic rings. The van der Waals surface area contributed by atoms with Gasteiger partial charge < -0.3 is 11.1 Å². The number of aryl methyl sites for hydroxylation is 1. The number of amides is 1. The highest BCUT2D eigenvalue weighted by Gasteiger charge is 2.15. The first-order chi connectivity index (χ1) is 12.0. The molecule has 0 bridgehead atoms. The van der Waals surface area contributed by atoms with Crippen molar-refractivity contribution >= 4 is 17.3 Å². The van der Waals surface area contributed by atoms with E-state index >= 15 is 0 Å². The fourth-order valence-corrected chi connectivity index (χ4v) is 2.66. The predicted molar refractivity (Wildman–Crippen MR) is 102 cm³/mol. The molecule has 3 aromatic rings. The van der Waals surface area contributed by atoms with Crippen LogP contribution >= 0.6 is 0 Å². The number of anilines is 2. The maximum atomic E-state index is 12.4. The maximum Gasteiger partial charge on any atom is 0.231 e. The first-order valence-electron chi connectivity index (χ1n) is 8.22. The van der Waals surface area contributed by atoms with E-state index in [4.69, 9.17) is 5.73 Å². The van der Waals surface area contributed by atoms with E-state index in [1.807, 2.05) is 74.5 Å². The zero-order chi connectivity index (χ0) is 17.8. The highest BCUT2D eigenvalue weighted by molar-refractivity contribution is 5.95. The van der Waals surface area contributed by atoms with E-state index in [1.165, 1.54) is 0 Å². The molecule has 1 heterocycles. The van der Waals surface area contributed by atoms with Crippen molar-refractivity contribution in [1.29, 1.82) is 0 Å². The standard InChI is InChI=1S/C21H21N3O/c1-14-13-18(11-12-23-14)17-5-9-20(10-6-17)24-21(25)15(2)16-3-7-19(22)8-4-16/h3-13,15H,22H2,1-2H3,(H,24,25). The molecule has 2 aromatic carbocycles. The molecule has 3 N–H and O–H groups in total. The van der Waals surface area contributed by atoms with Crippen LogP contribution in [0.3, 0.4) is 0 Å². The van der Waals surface area contributed by atoms with E-state index in [0.29, 0.717) is 5.69 Å². The monoisotopic (exact) mass is 331 g/mol. The average Bonchev–Trinajstić information content (AvgIpc) is 2.62. The van der Waals surface area contributed by atoms with Crippen LogP contribution in [0.4, 0.5) is 11.4 Å². The van der Waals surface area contributed by atoms with Crippen molar-refractivity contribution in [3.8, 4) is 11.1 Å². The lowest BCUT2D eigenvalue weighted by atomic mass is 10.00. The summed E-state index contributed by atoms with van der Waals surface area (Å²) in [7, 11) is 0. The van der Waals surface area contributed by atoms with Gasteiger partial charge in [0.2, 0.25) is 5.91 Å². The van der Waals surface area contributed by atoms with Gasteiger partial charge in [-0.2, -0.15) is 0 Å². The van der Waals surface area contributed by atoms with E-state index in [2.05, 4.69) is 10.3 Å². The second kappa shape index (κ2) is 7.18. The Hall–Kier alpha value is -3.14. The van der Waals surface area contributed by atoms with Crippen LogP contribution in [-0.4, -0.2) is 10.9 Å². The highest BCUT2D eigenvalue weighted by Crippen LogP contribution is 2.23. The molecule has 0 aliphatic heterocycles. The Morgan fingerprint density at radius 2 is 1.68 bits per heavy atom. The Bertz CT molecular complexity index is 870. The van der Waals surface area contributed by atoms with E-state index in [-0.39, 0.29) is 11.8 Å². The largest absolute Gasteiger partial charge is 0.399 e. The van der Waals surface area contributed by atoms with Gasteiger partial charge >= 0.3 is 0 Å². The molecule has 3 rings (SSSR count). The van der Waals surface area contributed by atoms with Gasteiger partial charge in [-0.25, -0.2) is 0 Å². The first-order valence-corrected chi connectivity index (χ1v) is 8.22. The van der Waals surface area contributed by atoms with Gasteiger partial charge in [-0.15, -0.1) is 0 Å². The lowest BCUT2D eigenvalue weighted by molar-refractivity contribution is -0.117. The highest BCUT2D eigenvalue weighted by atomic mass is 16.1. The molecule has 4 heteroatoms. The molecule has 1 aromatic heterocycles. The SMILES string of the molecule is Cc1cc(-c2ccc(NC(=O)C(C)c3ccc(N)cc3)cc2)ccn1. The molecule has 126 valence electrons. The second-order valence-electron chi connectivity index (χ2n) is 6.14. The molecule has 1 atom stereocenters. The topological polar surface area (TPSA) is 68.0 Å². The summed E-state index contributed by atoms with van der Waals surface area (Å²) < 4.78 is 0. The van der Waals surface area contributed by atoms with Crippen LogP contribution in [0.2, 0.25) is 0 Å². The molecule has 0 radical (unpaired) electrons. The summed E-state index contributed by atoms with van der Waals surface area (Å²) in [6.07, 6.45) is 1.80. The third kappa shape index (κ3) is 4.04. The number of nitrogens with one attached hydrogen (secondary N) is 1. The number of carbonyl (C=O) groups is 1. The minimum Gasteiger partial charge on any atom is -0.399 e. The van der Waals surface area contributed by atoms with E-state index in [9.17, 15) is 4.79 Å². The van der Waals surface area contributed by atoms with Crippen molar-refractivity contribution in [2.45, 2.75) is 19.8 Å². The predicted octanol–water partition coefficient (Wildman–Crippen LogP) is 4.38. The molecule has 4 nitrogen and oxygen atoms in total. The zero-order valence-corrected chi connectivity index (χ0v) is 14.4. The van der Waals surface area contributed by atoms with Crippen molar-refractivity contribution < 1.29 is 4.79 Å². The van der Waals surface area contributed by atoms with E-state index in [1.54, 1.807) is 6.20 Å². The summed E-state index contributed by atoms with van der Waals surface area (Å²) in [5.41, 5.74) is 11.3. The number of nitrogens with two attached hydrogens (primary N) is 1. The van der Waals surface area contributed by atoms with E-state index in [0.717, 1.165) is 28.1 Å². The number of nitrogens with zero attached hydrogens (tertiary/aromatic N) is 1. The summed E-state index contributed by atoms with van der Waals surface area (Å²) >= 11 is 0. The molecule has 1 amide bonds. The quantitative estimate of drug-likeness (QED) is 0.697. The third-order valence-electron chi connectivity index (χ3n) is 4.21. The number of nitrogen functional groups attached to an aromatic ring is 1. The second-order valence-corrected chi connectivity index (χ2v) is 6.14. The van der Waals surface area contributed by atoms with Crippen LogP contribution in [0.1, 0.15) is 24.1 Å². The van der Waals surface area contributed by atoms with Crippen molar-refractivity contribution in [2.75, 3.05) is 11.1 Å². The number of aromatic nitrogens is 1. The molecular formula is C21H21N3O. The van der Waals surface area contributed by atoms with Gasteiger partial charge in [0.15, 0.2) is 0 Å². The van der Waals surface area contributed by atoms with Gasteiger partial charge in [0.05, 0.1) is 5.92 Å². The van der Waals surface area contributed by atoms with Gasteiger partial charge in [-0.3, -0.25) is 9.78 Å². The van der Waals surface area contributed by atoms with Gasteiger partial charge in [-0.05, 0) is 66.9 Å². The summed E-state index contributed by atoms with van der Waals surface area (Å²) in [6.45, 7) is 3.85. The summed E-state index contributed by atoms with van der Waals surface area (Å²) in [6, 6.07) is 19.2. The maximum absolute atomic E-state index is 12.4. The van der Waals surface area contributed by atoms with Crippen molar-refractivity contribution in [3.05, 3.63) is 78.1 Å². The molecule has 0 saturated carbocycles. The van der Waals surface area contributed by atoms with Gasteiger partial charge in [0.25, 0.3) is 0 Å². The normalized spacial score (nSPS) is 11.8. The summed E-state index contributed by atoms with van der Waals surface area (Å²) in [5, 5.41) is 2.96. The molecule has 0 fully saturated rings. The Morgan fingerprint density at radius 1 is 1.00 bits per heavy atom. The molecule has 0 aliphatic carbocycles. The Morgan fingerprint density at radius 3 is 2.32 bits per heavy atom. The number of benzene rings is 2. The Kier molecular flexibility index (Phi) is 4.80. The number of hydrogen-bond acceptors (Lipinski definition) is 3. The molecular weight excluding hydrogens is 310 g/mol. The number of pyridine rings is 1. The number of carbonyl (C=O) groups excluding carboxylic acids is 1. The molecule has 1 unspecified atom stereocenters. The zero-order valence-electron chi connectivity index (χ0n) is 14.4.